The molecule has 0 radical (unpaired) electrons. The molecule has 6 nitrogen and oxygen atoms in total. The van der Waals surface area contributed by atoms with Crippen LogP contribution in [0.2, 0.25) is 0 Å². The number of rotatable bonds is 11. The van der Waals surface area contributed by atoms with E-state index in [1.54, 1.807) is 0 Å². The number of unbranched alkanes of at least 4 members (excludes halogenated alkanes) is 5. The van der Waals surface area contributed by atoms with Gasteiger partial charge in [-0.2, -0.15) is 26.3 Å². The quantitative estimate of drug-likeness (QED) is 0.315. The number of ether oxygens (including phenoxy) is 2. The van der Waals surface area contributed by atoms with Crippen molar-refractivity contribution in [3.63, 3.8) is 0 Å². The van der Waals surface area contributed by atoms with Gasteiger partial charge in [0.2, 0.25) is 12.2 Å². The third-order valence-corrected chi connectivity index (χ3v) is 3.09. The Bertz CT molecular complexity index is 397. The van der Waals surface area contributed by atoms with Crippen LogP contribution < -0.4 is 0 Å². The number of aliphatic hydroxyl groups excluding tert-OH is 2. The third-order valence-electron chi connectivity index (χ3n) is 3.09. The fourth-order valence-electron chi connectivity index (χ4n) is 1.68. The lowest BCUT2D eigenvalue weighted by atomic mass is 10.1. The van der Waals surface area contributed by atoms with Crippen LogP contribution in [-0.2, 0) is 19.1 Å². The molecule has 0 saturated heterocycles. The van der Waals surface area contributed by atoms with Gasteiger partial charge in [-0.15, -0.1) is 0 Å². The van der Waals surface area contributed by atoms with Gasteiger partial charge >= 0.3 is 24.3 Å². The first-order valence-electron chi connectivity index (χ1n) is 7.70. The van der Waals surface area contributed by atoms with E-state index in [0.29, 0.717) is 25.7 Å². The van der Waals surface area contributed by atoms with Crippen molar-refractivity contribution in [3.8, 4) is 0 Å². The molecular formula is C14H20F6O6. The van der Waals surface area contributed by atoms with Gasteiger partial charge < -0.3 is 19.7 Å². The number of hydrogen-bond donors (Lipinski definition) is 2. The highest BCUT2D eigenvalue weighted by Gasteiger charge is 2.45. The van der Waals surface area contributed by atoms with E-state index in [4.69, 9.17) is 10.2 Å². The van der Waals surface area contributed by atoms with Crippen LogP contribution in [0.4, 0.5) is 26.3 Å². The molecule has 0 bridgehead atoms. The maximum Gasteiger partial charge on any atom is 0.425 e. The lowest BCUT2D eigenvalue weighted by molar-refractivity contribution is -0.219. The molecular weight excluding hydrogens is 378 g/mol. The van der Waals surface area contributed by atoms with Crippen LogP contribution in [0, 0.1) is 0 Å². The van der Waals surface area contributed by atoms with Crippen LogP contribution >= 0.6 is 0 Å². The van der Waals surface area contributed by atoms with Crippen LogP contribution in [-0.4, -0.2) is 59.9 Å². The highest BCUT2D eigenvalue weighted by atomic mass is 19.4. The molecule has 26 heavy (non-hydrogen) atoms. The van der Waals surface area contributed by atoms with E-state index in [-0.39, 0.29) is 26.1 Å². The Morgan fingerprint density at radius 2 is 0.923 bits per heavy atom. The normalized spacial score (nSPS) is 14.6. The Hall–Kier alpha value is -1.56. The minimum absolute atomic E-state index is 0.279. The Balaban J connectivity index is 3.58. The Kier molecular flexibility index (Phi) is 10.5. The molecule has 2 atom stereocenters. The maximum atomic E-state index is 12.0. The second kappa shape index (κ2) is 11.2. The molecule has 0 aromatic carbocycles. The van der Waals surface area contributed by atoms with Crippen molar-refractivity contribution in [2.45, 2.75) is 63.1 Å². The van der Waals surface area contributed by atoms with Crippen LogP contribution in [0.3, 0.4) is 0 Å². The summed E-state index contributed by atoms with van der Waals surface area (Å²) in [6.07, 6.45) is -13.7. The standard InChI is InChI=1S/C14H20F6O6/c15-13(16,17)9(21)11(23)25-7-5-3-1-2-4-6-8-26-12(24)10(22)14(18,19)20/h9-10,21-22H,1-8H2/t9-,10-/m1/s1. The second-order valence-electron chi connectivity index (χ2n) is 5.34. The van der Waals surface area contributed by atoms with E-state index in [1.807, 2.05) is 0 Å². The predicted octanol–water partition coefficient (Wildman–Crippen LogP) is 2.26. The van der Waals surface area contributed by atoms with Gasteiger partial charge in [-0.05, 0) is 12.8 Å². The van der Waals surface area contributed by atoms with Crippen molar-refractivity contribution in [2.75, 3.05) is 13.2 Å². The summed E-state index contributed by atoms with van der Waals surface area (Å²) in [6.45, 7) is -0.558. The zero-order valence-corrected chi connectivity index (χ0v) is 13.6. The van der Waals surface area contributed by atoms with Crippen molar-refractivity contribution in [1.82, 2.24) is 0 Å². The van der Waals surface area contributed by atoms with Gasteiger partial charge in [-0.25, -0.2) is 9.59 Å². The van der Waals surface area contributed by atoms with Crippen LogP contribution in [0.5, 0.6) is 0 Å². The summed E-state index contributed by atoms with van der Waals surface area (Å²) in [5, 5.41) is 17.2. The third kappa shape index (κ3) is 10.4. The van der Waals surface area contributed by atoms with Crippen LogP contribution in [0.25, 0.3) is 0 Å². The number of carbonyl (C=O) groups excluding carboxylic acids is 2. The maximum absolute atomic E-state index is 12.0. The smallest absolute Gasteiger partial charge is 0.425 e. The van der Waals surface area contributed by atoms with Gasteiger partial charge in [0.05, 0.1) is 13.2 Å². The number of alkyl halides is 6. The fourth-order valence-corrected chi connectivity index (χ4v) is 1.68. The van der Waals surface area contributed by atoms with Crippen molar-refractivity contribution in [3.05, 3.63) is 0 Å². The Morgan fingerprint density at radius 3 is 1.19 bits per heavy atom. The van der Waals surface area contributed by atoms with Gasteiger partial charge in [0.1, 0.15) is 0 Å². The van der Waals surface area contributed by atoms with Gasteiger partial charge in [0.15, 0.2) is 0 Å². The van der Waals surface area contributed by atoms with Crippen molar-refractivity contribution < 1.29 is 55.6 Å². The van der Waals surface area contributed by atoms with Gasteiger partial charge in [-0.3, -0.25) is 0 Å². The Morgan fingerprint density at radius 1 is 0.654 bits per heavy atom. The average molecular weight is 398 g/mol. The second-order valence-corrected chi connectivity index (χ2v) is 5.34. The molecule has 0 rings (SSSR count). The molecule has 0 aliphatic heterocycles. The summed E-state index contributed by atoms with van der Waals surface area (Å²) in [6, 6.07) is 0. The molecule has 0 saturated carbocycles. The van der Waals surface area contributed by atoms with Gasteiger partial charge in [-0.1, -0.05) is 25.7 Å². The van der Waals surface area contributed by atoms with Crippen molar-refractivity contribution >= 4 is 11.9 Å². The lowest BCUT2D eigenvalue weighted by Gasteiger charge is -2.13. The first-order valence-corrected chi connectivity index (χ1v) is 7.70. The van der Waals surface area contributed by atoms with E-state index in [0.717, 1.165) is 0 Å². The molecule has 0 unspecified atom stereocenters. The molecule has 12 heteroatoms. The molecule has 0 aliphatic carbocycles. The molecule has 0 aliphatic rings. The first kappa shape index (κ1) is 24.4. The van der Waals surface area contributed by atoms with E-state index < -0.39 is 36.5 Å². The number of halogens is 6. The monoisotopic (exact) mass is 398 g/mol. The largest absolute Gasteiger partial charge is 0.464 e. The summed E-state index contributed by atoms with van der Waals surface area (Å²) in [5.74, 6) is -3.53. The minimum Gasteiger partial charge on any atom is -0.464 e. The molecule has 154 valence electrons. The summed E-state index contributed by atoms with van der Waals surface area (Å²) >= 11 is 0. The number of hydrogen-bond acceptors (Lipinski definition) is 6. The minimum atomic E-state index is -5.07. The molecule has 2 N–H and O–H groups in total. The highest BCUT2D eigenvalue weighted by Crippen LogP contribution is 2.21. The van der Waals surface area contributed by atoms with Crippen LogP contribution in [0.1, 0.15) is 38.5 Å². The lowest BCUT2D eigenvalue weighted by Crippen LogP contribution is -2.37. The van der Waals surface area contributed by atoms with Gasteiger partial charge in [0.25, 0.3) is 0 Å². The van der Waals surface area contributed by atoms with Crippen molar-refractivity contribution in [1.29, 1.82) is 0 Å². The SMILES string of the molecule is O=C(OCCCCCCCCOC(=O)[C@@H](O)C(F)(F)F)[C@@H](O)C(F)(F)F. The summed E-state index contributed by atoms with van der Waals surface area (Å²) in [4.78, 5) is 21.7. The predicted molar refractivity (Wildman–Crippen MR) is 73.7 cm³/mol. The molecule has 0 spiro atoms. The van der Waals surface area contributed by atoms with Crippen molar-refractivity contribution in [2.24, 2.45) is 0 Å². The zero-order chi connectivity index (χ0) is 20.4. The topological polar surface area (TPSA) is 93.1 Å². The number of esters is 2. The highest BCUT2D eigenvalue weighted by molar-refractivity contribution is 5.75. The van der Waals surface area contributed by atoms with E-state index in [1.165, 1.54) is 0 Å². The fraction of sp³-hybridized carbons (Fsp3) is 0.857. The molecule has 0 amide bonds. The summed E-state index contributed by atoms with van der Waals surface area (Å²) in [7, 11) is 0. The molecule has 0 aromatic heterocycles. The zero-order valence-electron chi connectivity index (χ0n) is 13.6. The molecule has 0 heterocycles. The van der Waals surface area contributed by atoms with Gasteiger partial charge in [0, 0.05) is 0 Å². The van der Waals surface area contributed by atoms with E-state index in [9.17, 15) is 35.9 Å². The first-order chi connectivity index (χ1) is 11.9. The number of aliphatic hydroxyl groups is 2. The Labute approximate surface area is 145 Å². The summed E-state index contributed by atoms with van der Waals surface area (Å²) in [5.41, 5.74) is 0. The molecule has 0 fully saturated rings. The number of carbonyl (C=O) groups is 2. The molecule has 0 aromatic rings. The summed E-state index contributed by atoms with van der Waals surface area (Å²) < 4.78 is 80.4. The van der Waals surface area contributed by atoms with E-state index in [2.05, 4.69) is 9.47 Å². The van der Waals surface area contributed by atoms with Crippen LogP contribution in [0.15, 0.2) is 0 Å². The van der Waals surface area contributed by atoms with E-state index >= 15 is 0 Å². The average Bonchev–Trinajstić information content (AvgIpc) is 2.52.